The molecule has 0 amide bonds. The van der Waals surface area contributed by atoms with E-state index in [0.717, 1.165) is 24.0 Å². The van der Waals surface area contributed by atoms with E-state index in [-0.39, 0.29) is 22.5 Å². The second-order valence-corrected chi connectivity index (χ2v) is 14.6. The molecule has 4 aliphatic carbocycles. The average molecular weight is 643 g/mol. The van der Waals surface area contributed by atoms with Crippen molar-refractivity contribution in [3.63, 3.8) is 0 Å². The second kappa shape index (κ2) is 9.97. The Kier molecular flexibility index (Phi) is 6.11. The van der Waals surface area contributed by atoms with Crippen LogP contribution in [0.2, 0.25) is 0 Å². The van der Waals surface area contributed by atoms with Gasteiger partial charge in [-0.25, -0.2) is 0 Å². The van der Waals surface area contributed by atoms with E-state index in [1.54, 1.807) is 0 Å². The van der Waals surface area contributed by atoms with Crippen LogP contribution in [0.3, 0.4) is 0 Å². The van der Waals surface area contributed by atoms with Gasteiger partial charge in [0.2, 0.25) is 0 Å². The Morgan fingerprint density at radius 2 is 1.46 bits per heavy atom. The maximum absolute atomic E-state index is 14.0. The van der Waals surface area contributed by atoms with E-state index < -0.39 is 70.2 Å². The zero-order valence-corrected chi connectivity index (χ0v) is 25.4. The van der Waals surface area contributed by atoms with Crippen LogP contribution in [-0.2, 0) is 51.6 Å². The van der Waals surface area contributed by atoms with Gasteiger partial charge in [0.1, 0.15) is 29.8 Å². The summed E-state index contributed by atoms with van der Waals surface area (Å²) in [6.45, 7) is 0. The number of benzene rings is 3. The Morgan fingerprint density at radius 1 is 0.804 bits per heavy atom. The number of hydrogen-bond acceptors (Lipinski definition) is 9. The van der Waals surface area contributed by atoms with Gasteiger partial charge in [-0.3, -0.25) is 18.9 Å². The lowest BCUT2D eigenvalue weighted by Gasteiger charge is -2.44. The Morgan fingerprint density at radius 3 is 2.13 bits per heavy atom. The summed E-state index contributed by atoms with van der Waals surface area (Å²) in [6.07, 6.45) is -0.493. The Bertz CT molecular complexity index is 1900. The summed E-state index contributed by atoms with van der Waals surface area (Å²) in [5.74, 6) is -4.11. The molecule has 10 rings (SSSR count). The highest BCUT2D eigenvalue weighted by Crippen LogP contribution is 2.57. The van der Waals surface area contributed by atoms with E-state index in [1.807, 2.05) is 24.3 Å². The van der Waals surface area contributed by atoms with Crippen LogP contribution < -0.4 is 4.74 Å². The van der Waals surface area contributed by atoms with Crippen molar-refractivity contribution in [3.05, 3.63) is 94.0 Å². The molecule has 1 N–H and O–H groups in total. The van der Waals surface area contributed by atoms with Crippen molar-refractivity contribution in [2.45, 2.75) is 73.3 Å². The third-order valence-electron chi connectivity index (χ3n) is 11.0. The van der Waals surface area contributed by atoms with Gasteiger partial charge in [-0.1, -0.05) is 48.5 Å². The van der Waals surface area contributed by atoms with E-state index in [2.05, 4.69) is 24.3 Å². The molecule has 3 aromatic rings. The summed E-state index contributed by atoms with van der Waals surface area (Å²) < 4.78 is 57.5. The number of carbonyl (C=O) groups is 3. The first kappa shape index (κ1) is 28.2. The lowest BCUT2D eigenvalue weighted by atomic mass is 9.59. The van der Waals surface area contributed by atoms with Crippen molar-refractivity contribution in [1.82, 2.24) is 0 Å². The molecule has 0 aromatic heterocycles. The summed E-state index contributed by atoms with van der Waals surface area (Å²) in [7, 11) is -4.46. The summed E-state index contributed by atoms with van der Waals surface area (Å²) in [5, 5.41) is 0. The van der Waals surface area contributed by atoms with Crippen molar-refractivity contribution in [3.8, 4) is 5.75 Å². The third kappa shape index (κ3) is 3.94. The molecule has 3 aliphatic heterocycles. The predicted octanol–water partition coefficient (Wildman–Crippen LogP) is 3.87. The average Bonchev–Trinajstić information content (AvgIpc) is 3.68. The SMILES string of the molecule is O=C(OC1C2OC(=O)C3C2OC1C3C(=O)Oc1ccc(S(=O)(=O)O)c2c1CCCC2)C1CC2c3ccccc3C1c1ccccc12. The van der Waals surface area contributed by atoms with Gasteiger partial charge in [-0.05, 0) is 77.6 Å². The van der Waals surface area contributed by atoms with Gasteiger partial charge in [0, 0.05) is 11.8 Å². The van der Waals surface area contributed by atoms with Crippen LogP contribution in [0.1, 0.15) is 64.5 Å². The van der Waals surface area contributed by atoms with E-state index >= 15 is 0 Å². The van der Waals surface area contributed by atoms with Crippen LogP contribution in [0.4, 0.5) is 0 Å². The number of carbonyl (C=O) groups excluding carboxylic acids is 3. The molecule has 3 aromatic carbocycles. The normalized spacial score (nSPS) is 32.7. The molecule has 236 valence electrons. The minimum Gasteiger partial charge on any atom is -0.455 e. The summed E-state index contributed by atoms with van der Waals surface area (Å²) in [4.78, 5) is 40.7. The Labute approximate surface area is 264 Å². The van der Waals surface area contributed by atoms with E-state index in [1.165, 1.54) is 23.3 Å². The van der Waals surface area contributed by atoms with Crippen molar-refractivity contribution in [2.24, 2.45) is 17.8 Å². The van der Waals surface area contributed by atoms with Gasteiger partial charge in [-0.2, -0.15) is 8.42 Å². The fourth-order valence-corrected chi connectivity index (χ4v) is 9.92. The lowest BCUT2D eigenvalue weighted by Crippen LogP contribution is -2.49. The zero-order chi connectivity index (χ0) is 31.5. The molecule has 7 aliphatic rings. The molecule has 11 heteroatoms. The molecular formula is C35H30O10S. The third-order valence-corrected chi connectivity index (χ3v) is 11.9. The summed E-state index contributed by atoms with van der Waals surface area (Å²) in [5.41, 5.74) is 5.64. The van der Waals surface area contributed by atoms with E-state index in [4.69, 9.17) is 18.9 Å². The van der Waals surface area contributed by atoms with Gasteiger partial charge < -0.3 is 18.9 Å². The van der Waals surface area contributed by atoms with Gasteiger partial charge in [0.05, 0.1) is 10.8 Å². The number of esters is 3. The molecule has 0 radical (unpaired) electrons. The standard InChI is InChI=1S/C35H30O10S/c36-33(23-15-22-16-7-1-5-11-20(16)26(23)21-12-6-2-8-17(21)22)44-31-29-27(28-30(43-29)32(31)45-35(28)38)34(37)42-24-13-14-25(46(39,40)41)19-10-4-3-9-18(19)24/h1-2,5-8,11-14,22-23,26-32H,3-4,9-10,15H2,(H,39,40,41). The summed E-state index contributed by atoms with van der Waals surface area (Å²) >= 11 is 0. The molecule has 3 fully saturated rings. The lowest BCUT2D eigenvalue weighted by molar-refractivity contribution is -0.167. The van der Waals surface area contributed by atoms with Gasteiger partial charge >= 0.3 is 17.9 Å². The molecule has 0 saturated carbocycles. The molecule has 3 heterocycles. The molecule has 7 unspecified atom stereocenters. The number of fused-ring (bicyclic) bond motifs is 3. The highest BCUT2D eigenvalue weighted by Gasteiger charge is 2.72. The smallest absolute Gasteiger partial charge is 0.318 e. The zero-order valence-electron chi connectivity index (χ0n) is 24.5. The topological polar surface area (TPSA) is 142 Å². The minimum atomic E-state index is -4.46. The van der Waals surface area contributed by atoms with Gasteiger partial charge in [-0.15, -0.1) is 0 Å². The largest absolute Gasteiger partial charge is 0.455 e. The van der Waals surface area contributed by atoms with Crippen LogP contribution in [0.25, 0.3) is 0 Å². The molecule has 46 heavy (non-hydrogen) atoms. The first-order valence-corrected chi connectivity index (χ1v) is 17.2. The van der Waals surface area contributed by atoms with Crippen LogP contribution in [0.15, 0.2) is 65.6 Å². The molecule has 7 atom stereocenters. The number of rotatable bonds is 5. The Hall–Kier alpha value is -4.06. The first-order chi connectivity index (χ1) is 22.2. The molecule has 3 saturated heterocycles. The van der Waals surface area contributed by atoms with Crippen LogP contribution in [0.5, 0.6) is 5.75 Å². The van der Waals surface area contributed by atoms with E-state index in [9.17, 15) is 27.4 Å². The highest BCUT2D eigenvalue weighted by atomic mass is 32.2. The summed E-state index contributed by atoms with van der Waals surface area (Å²) in [6, 6.07) is 19.0. The molecular weight excluding hydrogens is 612 g/mol. The van der Waals surface area contributed by atoms with Crippen molar-refractivity contribution >= 4 is 28.0 Å². The van der Waals surface area contributed by atoms with Crippen molar-refractivity contribution in [1.29, 1.82) is 0 Å². The van der Waals surface area contributed by atoms with Crippen molar-refractivity contribution in [2.75, 3.05) is 0 Å². The predicted molar refractivity (Wildman–Crippen MR) is 159 cm³/mol. The fourth-order valence-electron chi connectivity index (χ4n) is 9.14. The first-order valence-electron chi connectivity index (χ1n) is 15.8. The van der Waals surface area contributed by atoms with Gasteiger partial charge in [0.15, 0.2) is 12.2 Å². The second-order valence-electron chi connectivity index (χ2n) is 13.2. The maximum atomic E-state index is 14.0. The monoisotopic (exact) mass is 642 g/mol. The molecule has 0 spiro atoms. The van der Waals surface area contributed by atoms with Crippen molar-refractivity contribution < 1.29 is 46.3 Å². The molecule has 10 nitrogen and oxygen atoms in total. The highest BCUT2D eigenvalue weighted by molar-refractivity contribution is 7.85. The Balaban J connectivity index is 0.998. The van der Waals surface area contributed by atoms with Crippen LogP contribution in [0, 0.1) is 17.8 Å². The maximum Gasteiger partial charge on any atom is 0.318 e. The number of hydrogen-bond donors (Lipinski definition) is 1. The van der Waals surface area contributed by atoms with Crippen LogP contribution >= 0.6 is 0 Å². The minimum absolute atomic E-state index is 0.0563. The van der Waals surface area contributed by atoms with E-state index in [0.29, 0.717) is 30.4 Å². The number of ether oxygens (including phenoxy) is 4. The van der Waals surface area contributed by atoms with Gasteiger partial charge in [0.25, 0.3) is 10.1 Å². The fraction of sp³-hybridized carbons (Fsp3) is 0.400. The van der Waals surface area contributed by atoms with Crippen LogP contribution in [-0.4, -0.2) is 55.3 Å². The molecule has 4 bridgehead atoms. The quantitative estimate of drug-likeness (QED) is 0.248.